The Bertz CT molecular complexity index is 851. The van der Waals surface area contributed by atoms with Crippen LogP contribution in [-0.4, -0.2) is 55.2 Å². The molecule has 1 amide bonds. The highest BCUT2D eigenvalue weighted by atomic mass is 16.5. The standard InChI is InChI=1S/C24H35N5O2/c1-4-27-20-15-24(2,3)10-9-19(20)21(25)23(30)28-22(26)18-7-5-17(6-8-18)16-29-11-13-31-14-12-29/h5-8,25,27H,4,9-16H2,1-3H3,(H2,26,28,30). The summed E-state index contributed by atoms with van der Waals surface area (Å²) in [6.45, 7) is 11.5. The molecule has 1 heterocycles. The number of benzene rings is 1. The highest BCUT2D eigenvalue weighted by Crippen LogP contribution is 2.37. The summed E-state index contributed by atoms with van der Waals surface area (Å²) in [6.07, 6.45) is 2.47. The maximum absolute atomic E-state index is 12.7. The topological polar surface area (TPSA) is 101 Å². The molecule has 3 rings (SSSR count). The van der Waals surface area contributed by atoms with Gasteiger partial charge in [-0.1, -0.05) is 38.1 Å². The van der Waals surface area contributed by atoms with E-state index in [1.165, 1.54) is 5.56 Å². The summed E-state index contributed by atoms with van der Waals surface area (Å²) in [5, 5.41) is 22.7. The molecular formula is C24H35N5O2. The van der Waals surface area contributed by atoms with Gasteiger partial charge in [-0.05, 0) is 37.2 Å². The van der Waals surface area contributed by atoms with E-state index in [1.54, 1.807) is 0 Å². The van der Waals surface area contributed by atoms with E-state index < -0.39 is 5.91 Å². The van der Waals surface area contributed by atoms with Crippen molar-refractivity contribution >= 4 is 17.5 Å². The number of carbonyl (C=O) groups is 1. The van der Waals surface area contributed by atoms with Crippen LogP contribution >= 0.6 is 0 Å². The molecule has 2 aliphatic rings. The number of ether oxygens (including phenoxy) is 1. The van der Waals surface area contributed by atoms with Crippen molar-refractivity contribution in [2.24, 2.45) is 5.41 Å². The van der Waals surface area contributed by atoms with Crippen molar-refractivity contribution in [1.82, 2.24) is 15.5 Å². The fraction of sp³-hybridized carbons (Fsp3) is 0.542. The number of nitrogens with one attached hydrogen (secondary N) is 4. The van der Waals surface area contributed by atoms with Crippen molar-refractivity contribution in [3.63, 3.8) is 0 Å². The molecule has 1 fully saturated rings. The molecule has 0 spiro atoms. The van der Waals surface area contributed by atoms with Gasteiger partial charge in [-0.25, -0.2) is 0 Å². The summed E-state index contributed by atoms with van der Waals surface area (Å²) in [6, 6.07) is 7.70. The molecule has 0 bridgehead atoms. The molecular weight excluding hydrogens is 390 g/mol. The van der Waals surface area contributed by atoms with Crippen molar-refractivity contribution in [2.45, 2.75) is 46.6 Å². The summed E-state index contributed by atoms with van der Waals surface area (Å²) < 4.78 is 5.38. The van der Waals surface area contributed by atoms with Crippen molar-refractivity contribution in [3.05, 3.63) is 46.7 Å². The summed E-state index contributed by atoms with van der Waals surface area (Å²) in [5.74, 6) is -0.498. The van der Waals surface area contributed by atoms with Crippen LogP contribution in [0.2, 0.25) is 0 Å². The number of morpholine rings is 1. The van der Waals surface area contributed by atoms with Crippen LogP contribution in [-0.2, 0) is 16.1 Å². The Labute approximate surface area is 185 Å². The van der Waals surface area contributed by atoms with Crippen LogP contribution in [0.3, 0.4) is 0 Å². The zero-order valence-corrected chi connectivity index (χ0v) is 18.9. The minimum atomic E-state index is -0.521. The second-order valence-corrected chi connectivity index (χ2v) is 9.12. The minimum absolute atomic E-state index is 0.0226. The number of carbonyl (C=O) groups excluding carboxylic acids is 1. The lowest BCUT2D eigenvalue weighted by atomic mass is 9.75. The highest BCUT2D eigenvalue weighted by molar-refractivity contribution is 6.46. The summed E-state index contributed by atoms with van der Waals surface area (Å²) in [4.78, 5) is 15.1. The SMILES string of the molecule is CCNC1=C(C(=N)C(=O)NC(=N)c2ccc(CN3CCOCC3)cc2)CCC(C)(C)C1. The van der Waals surface area contributed by atoms with Gasteiger partial charge in [-0.15, -0.1) is 0 Å². The monoisotopic (exact) mass is 425 g/mol. The average molecular weight is 426 g/mol. The van der Waals surface area contributed by atoms with Crippen LogP contribution in [0, 0.1) is 16.2 Å². The molecule has 4 N–H and O–H groups in total. The first-order chi connectivity index (χ1) is 14.8. The molecule has 0 unspecified atom stereocenters. The second-order valence-electron chi connectivity index (χ2n) is 9.12. The van der Waals surface area contributed by atoms with Gasteiger partial charge in [0.25, 0.3) is 5.91 Å². The van der Waals surface area contributed by atoms with Crippen molar-refractivity contribution < 1.29 is 9.53 Å². The maximum Gasteiger partial charge on any atom is 0.275 e. The van der Waals surface area contributed by atoms with Crippen LogP contribution in [0.25, 0.3) is 0 Å². The van der Waals surface area contributed by atoms with Gasteiger partial charge < -0.3 is 15.4 Å². The lowest BCUT2D eigenvalue weighted by Gasteiger charge is -2.33. The van der Waals surface area contributed by atoms with Gasteiger partial charge in [-0.3, -0.25) is 20.5 Å². The van der Waals surface area contributed by atoms with Gasteiger partial charge in [0.2, 0.25) is 0 Å². The maximum atomic E-state index is 12.7. The second kappa shape index (κ2) is 10.2. The predicted molar refractivity (Wildman–Crippen MR) is 124 cm³/mol. The smallest absolute Gasteiger partial charge is 0.275 e. The number of amidine groups is 1. The molecule has 1 saturated heterocycles. The predicted octanol–water partition coefficient (Wildman–Crippen LogP) is 3.05. The largest absolute Gasteiger partial charge is 0.388 e. The Morgan fingerprint density at radius 1 is 1.16 bits per heavy atom. The molecule has 7 nitrogen and oxygen atoms in total. The van der Waals surface area contributed by atoms with E-state index in [-0.39, 0.29) is 17.0 Å². The van der Waals surface area contributed by atoms with Crippen molar-refractivity contribution in [1.29, 1.82) is 10.8 Å². The van der Waals surface area contributed by atoms with Crippen LogP contribution < -0.4 is 10.6 Å². The summed E-state index contributed by atoms with van der Waals surface area (Å²) in [5.41, 5.74) is 3.68. The minimum Gasteiger partial charge on any atom is -0.388 e. The molecule has 1 aliphatic heterocycles. The number of nitrogens with zero attached hydrogens (tertiary/aromatic N) is 1. The molecule has 1 aliphatic carbocycles. The third kappa shape index (κ3) is 6.24. The van der Waals surface area contributed by atoms with Crippen molar-refractivity contribution in [2.75, 3.05) is 32.8 Å². The Balaban J connectivity index is 1.61. The van der Waals surface area contributed by atoms with Crippen LogP contribution in [0.1, 0.15) is 51.2 Å². The molecule has 1 aromatic rings. The van der Waals surface area contributed by atoms with E-state index in [9.17, 15) is 4.79 Å². The van der Waals surface area contributed by atoms with E-state index in [2.05, 4.69) is 29.4 Å². The van der Waals surface area contributed by atoms with Gasteiger partial charge in [0, 0.05) is 43.0 Å². The van der Waals surface area contributed by atoms with E-state index in [4.69, 9.17) is 15.6 Å². The van der Waals surface area contributed by atoms with Crippen LogP contribution in [0.5, 0.6) is 0 Å². The molecule has 0 radical (unpaired) electrons. The zero-order valence-electron chi connectivity index (χ0n) is 18.9. The molecule has 7 heteroatoms. The van der Waals surface area contributed by atoms with Crippen LogP contribution in [0.15, 0.2) is 35.5 Å². The highest BCUT2D eigenvalue weighted by Gasteiger charge is 2.30. The third-order valence-corrected chi connectivity index (χ3v) is 5.98. The third-order valence-electron chi connectivity index (χ3n) is 5.98. The quantitative estimate of drug-likeness (QED) is 0.398. The Morgan fingerprint density at radius 2 is 1.84 bits per heavy atom. The first-order valence-electron chi connectivity index (χ1n) is 11.1. The Hall–Kier alpha value is -2.51. The molecule has 0 aromatic heterocycles. The number of hydrogen-bond acceptors (Lipinski definition) is 6. The summed E-state index contributed by atoms with van der Waals surface area (Å²) in [7, 11) is 0. The van der Waals surface area contributed by atoms with Gasteiger partial charge in [0.15, 0.2) is 0 Å². The lowest BCUT2D eigenvalue weighted by molar-refractivity contribution is -0.113. The first-order valence-corrected chi connectivity index (χ1v) is 11.1. The Kier molecular flexibility index (Phi) is 7.62. The van der Waals surface area contributed by atoms with Gasteiger partial charge in [-0.2, -0.15) is 0 Å². The molecule has 168 valence electrons. The number of rotatable bonds is 7. The van der Waals surface area contributed by atoms with Gasteiger partial charge in [0.05, 0.1) is 13.2 Å². The first kappa shape index (κ1) is 23.2. The Morgan fingerprint density at radius 3 is 2.48 bits per heavy atom. The van der Waals surface area contributed by atoms with Crippen molar-refractivity contribution in [3.8, 4) is 0 Å². The number of hydrogen-bond donors (Lipinski definition) is 4. The fourth-order valence-electron chi connectivity index (χ4n) is 4.13. The number of amides is 1. The normalized spacial score (nSPS) is 19.1. The molecule has 0 atom stereocenters. The molecule has 0 saturated carbocycles. The van der Waals surface area contributed by atoms with E-state index in [1.807, 2.05) is 31.2 Å². The van der Waals surface area contributed by atoms with E-state index in [0.717, 1.165) is 63.5 Å². The van der Waals surface area contributed by atoms with Gasteiger partial charge in [0.1, 0.15) is 11.5 Å². The van der Waals surface area contributed by atoms with E-state index in [0.29, 0.717) is 12.0 Å². The molecule has 1 aromatic carbocycles. The van der Waals surface area contributed by atoms with Crippen LogP contribution in [0.4, 0.5) is 0 Å². The van der Waals surface area contributed by atoms with Gasteiger partial charge >= 0.3 is 0 Å². The number of allylic oxidation sites excluding steroid dienone is 1. The van der Waals surface area contributed by atoms with E-state index >= 15 is 0 Å². The average Bonchev–Trinajstić information content (AvgIpc) is 2.74. The fourth-order valence-corrected chi connectivity index (χ4v) is 4.13. The molecule has 31 heavy (non-hydrogen) atoms. The zero-order chi connectivity index (χ0) is 22.4. The summed E-state index contributed by atoms with van der Waals surface area (Å²) >= 11 is 0. The lowest BCUT2D eigenvalue weighted by Crippen LogP contribution is -2.39.